The first kappa shape index (κ1) is 17.5. The van der Waals surface area contributed by atoms with Crippen molar-refractivity contribution in [3.05, 3.63) is 125 Å². The Morgan fingerprint density at radius 2 is 1.52 bits per heavy atom. The number of hydrogen-bond donors (Lipinski definition) is 0. The molecule has 0 fully saturated rings. The van der Waals surface area contributed by atoms with Crippen LogP contribution in [0, 0.1) is 0 Å². The number of rotatable bonds is 4. The lowest BCUT2D eigenvalue weighted by molar-refractivity contribution is 0.415. The molecule has 1 aliphatic carbocycles. The molecule has 0 saturated heterocycles. The summed E-state index contributed by atoms with van der Waals surface area (Å²) in [6.45, 7) is 0. The molecule has 0 heterocycles. The largest absolute Gasteiger partial charge is 0.497 e. The molecule has 0 amide bonds. The van der Waals surface area contributed by atoms with Crippen LogP contribution in [0.3, 0.4) is 0 Å². The molecule has 1 aliphatic rings. The molecule has 0 N–H and O–H groups in total. The standard InChI is InChI=1S/C28H22O/c1-29-24-16-15-22-18-23-13-8-14-25(28(23)27(22)19-24)26(21-11-6-3-7-12-21)17-20-9-4-2-5-10-20/h2-17,19H,18H2,1H3/b26-17+. The smallest absolute Gasteiger partial charge is 0.119 e. The van der Waals surface area contributed by atoms with Crippen molar-refractivity contribution in [1.82, 2.24) is 0 Å². The molecule has 29 heavy (non-hydrogen) atoms. The van der Waals surface area contributed by atoms with Crippen LogP contribution < -0.4 is 4.74 Å². The first-order chi connectivity index (χ1) is 14.3. The third kappa shape index (κ3) is 3.25. The lowest BCUT2D eigenvalue weighted by Crippen LogP contribution is -1.93. The molecule has 0 unspecified atom stereocenters. The van der Waals surface area contributed by atoms with E-state index in [-0.39, 0.29) is 0 Å². The maximum atomic E-state index is 5.52. The molecule has 1 nitrogen and oxygen atoms in total. The molecule has 0 spiro atoms. The minimum atomic E-state index is 0.903. The van der Waals surface area contributed by atoms with Crippen LogP contribution in [-0.2, 0) is 6.42 Å². The van der Waals surface area contributed by atoms with Crippen molar-refractivity contribution in [1.29, 1.82) is 0 Å². The summed E-state index contributed by atoms with van der Waals surface area (Å²) in [5.41, 5.74) is 10.3. The van der Waals surface area contributed by atoms with Gasteiger partial charge in [-0.25, -0.2) is 0 Å². The molecule has 140 valence electrons. The Morgan fingerprint density at radius 1 is 0.759 bits per heavy atom. The minimum Gasteiger partial charge on any atom is -0.497 e. The summed E-state index contributed by atoms with van der Waals surface area (Å²) in [4.78, 5) is 0. The molecule has 4 aromatic rings. The first-order valence-corrected chi connectivity index (χ1v) is 9.95. The SMILES string of the molecule is COc1ccc2c(c1)-c1c(cccc1/C(=C/c1ccccc1)c1ccccc1)C2. The Labute approximate surface area is 171 Å². The zero-order valence-corrected chi connectivity index (χ0v) is 16.4. The van der Waals surface area contributed by atoms with Crippen LogP contribution in [0.1, 0.15) is 27.8 Å². The van der Waals surface area contributed by atoms with E-state index in [0.717, 1.165) is 12.2 Å². The summed E-state index contributed by atoms with van der Waals surface area (Å²) in [7, 11) is 1.73. The van der Waals surface area contributed by atoms with Crippen LogP contribution in [-0.4, -0.2) is 7.11 Å². The van der Waals surface area contributed by atoms with Crippen molar-refractivity contribution in [3.8, 4) is 16.9 Å². The number of ether oxygens (including phenoxy) is 1. The first-order valence-electron chi connectivity index (χ1n) is 9.95. The third-order valence-electron chi connectivity index (χ3n) is 5.60. The molecule has 0 aliphatic heterocycles. The lowest BCUT2D eigenvalue weighted by Gasteiger charge is -2.15. The van der Waals surface area contributed by atoms with Gasteiger partial charge in [0.25, 0.3) is 0 Å². The fourth-order valence-corrected chi connectivity index (χ4v) is 4.21. The predicted molar refractivity (Wildman–Crippen MR) is 121 cm³/mol. The maximum absolute atomic E-state index is 5.52. The summed E-state index contributed by atoms with van der Waals surface area (Å²) in [6, 6.07) is 34.3. The predicted octanol–water partition coefficient (Wildman–Crippen LogP) is 6.86. The van der Waals surface area contributed by atoms with Crippen LogP contribution in [0.2, 0.25) is 0 Å². The van der Waals surface area contributed by atoms with Gasteiger partial charge in [0.05, 0.1) is 7.11 Å². The summed E-state index contributed by atoms with van der Waals surface area (Å²) < 4.78 is 5.52. The molecule has 0 radical (unpaired) electrons. The van der Waals surface area contributed by atoms with Crippen LogP contribution in [0.5, 0.6) is 5.75 Å². The number of hydrogen-bond acceptors (Lipinski definition) is 1. The van der Waals surface area contributed by atoms with Crippen molar-refractivity contribution in [2.24, 2.45) is 0 Å². The Kier molecular flexibility index (Phi) is 4.50. The van der Waals surface area contributed by atoms with Gasteiger partial charge in [0.1, 0.15) is 5.75 Å². The van der Waals surface area contributed by atoms with Gasteiger partial charge in [-0.2, -0.15) is 0 Å². The van der Waals surface area contributed by atoms with Gasteiger partial charge < -0.3 is 4.74 Å². The quantitative estimate of drug-likeness (QED) is 0.312. The van der Waals surface area contributed by atoms with E-state index < -0.39 is 0 Å². The topological polar surface area (TPSA) is 9.23 Å². The van der Waals surface area contributed by atoms with Crippen LogP contribution in [0.15, 0.2) is 97.1 Å². The van der Waals surface area contributed by atoms with E-state index in [1.54, 1.807) is 7.11 Å². The van der Waals surface area contributed by atoms with Crippen LogP contribution in [0.4, 0.5) is 0 Å². The van der Waals surface area contributed by atoms with Gasteiger partial charge in [-0.15, -0.1) is 0 Å². The Balaban J connectivity index is 1.75. The van der Waals surface area contributed by atoms with Gasteiger partial charge in [-0.1, -0.05) is 84.9 Å². The fourth-order valence-electron chi connectivity index (χ4n) is 4.21. The Hall–Kier alpha value is -3.58. The Morgan fingerprint density at radius 3 is 2.28 bits per heavy atom. The zero-order valence-electron chi connectivity index (χ0n) is 16.4. The summed E-state index contributed by atoms with van der Waals surface area (Å²) in [5.74, 6) is 0.903. The van der Waals surface area contributed by atoms with E-state index in [0.29, 0.717) is 0 Å². The number of benzene rings is 4. The lowest BCUT2D eigenvalue weighted by atomic mass is 9.89. The van der Waals surface area contributed by atoms with E-state index in [1.807, 2.05) is 0 Å². The van der Waals surface area contributed by atoms with E-state index in [4.69, 9.17) is 4.74 Å². The van der Waals surface area contributed by atoms with Gasteiger partial charge in [-0.05, 0) is 69.1 Å². The molecular formula is C28H22O. The normalized spacial score (nSPS) is 12.4. The van der Waals surface area contributed by atoms with Gasteiger partial charge in [0, 0.05) is 0 Å². The number of fused-ring (bicyclic) bond motifs is 3. The van der Waals surface area contributed by atoms with Gasteiger partial charge in [0.15, 0.2) is 0 Å². The highest BCUT2D eigenvalue weighted by Crippen LogP contribution is 2.44. The highest BCUT2D eigenvalue weighted by Gasteiger charge is 2.23. The summed E-state index contributed by atoms with van der Waals surface area (Å²) in [5, 5.41) is 0. The minimum absolute atomic E-state index is 0.903. The van der Waals surface area contributed by atoms with Crippen molar-refractivity contribution in [3.63, 3.8) is 0 Å². The zero-order chi connectivity index (χ0) is 19.6. The molecule has 0 atom stereocenters. The van der Waals surface area contributed by atoms with Crippen molar-refractivity contribution >= 4 is 11.6 Å². The monoisotopic (exact) mass is 374 g/mol. The van der Waals surface area contributed by atoms with Crippen LogP contribution >= 0.6 is 0 Å². The second-order valence-electron chi connectivity index (χ2n) is 7.37. The molecule has 5 rings (SSSR count). The maximum Gasteiger partial charge on any atom is 0.119 e. The molecule has 4 aromatic carbocycles. The van der Waals surface area contributed by atoms with E-state index in [1.165, 1.54) is 44.5 Å². The highest BCUT2D eigenvalue weighted by molar-refractivity contribution is 5.99. The third-order valence-corrected chi connectivity index (χ3v) is 5.60. The fraction of sp³-hybridized carbons (Fsp3) is 0.0714. The molecular weight excluding hydrogens is 352 g/mol. The molecule has 0 bridgehead atoms. The molecule has 1 heteroatoms. The second kappa shape index (κ2) is 7.44. The highest BCUT2D eigenvalue weighted by atomic mass is 16.5. The van der Waals surface area contributed by atoms with Crippen molar-refractivity contribution < 1.29 is 4.74 Å². The van der Waals surface area contributed by atoms with Gasteiger partial charge >= 0.3 is 0 Å². The molecule has 0 saturated carbocycles. The van der Waals surface area contributed by atoms with E-state index >= 15 is 0 Å². The number of methoxy groups -OCH3 is 1. The summed E-state index contributed by atoms with van der Waals surface area (Å²) in [6.07, 6.45) is 3.26. The molecule has 0 aromatic heterocycles. The summed E-state index contributed by atoms with van der Waals surface area (Å²) >= 11 is 0. The Bertz CT molecular complexity index is 1190. The average molecular weight is 374 g/mol. The average Bonchev–Trinajstić information content (AvgIpc) is 3.17. The van der Waals surface area contributed by atoms with E-state index in [2.05, 4.69) is 103 Å². The van der Waals surface area contributed by atoms with Gasteiger partial charge in [0.2, 0.25) is 0 Å². The van der Waals surface area contributed by atoms with E-state index in [9.17, 15) is 0 Å². The van der Waals surface area contributed by atoms with Crippen LogP contribution in [0.25, 0.3) is 22.8 Å². The van der Waals surface area contributed by atoms with Gasteiger partial charge in [-0.3, -0.25) is 0 Å². The second-order valence-corrected chi connectivity index (χ2v) is 7.37. The van der Waals surface area contributed by atoms with Crippen molar-refractivity contribution in [2.75, 3.05) is 7.11 Å². The van der Waals surface area contributed by atoms with Crippen molar-refractivity contribution in [2.45, 2.75) is 6.42 Å².